The number of pyridine rings is 1. The number of benzene rings is 2. The van der Waals surface area contributed by atoms with Crippen LogP contribution in [0.2, 0.25) is 0 Å². The standard InChI is InChI=1S/C34H42F2N6O6S/c1-2-3-14-42(34(45)39-31-19-28(33(37)44)29(35)20-30(31)36)24-10-15-40(16-11-24)22-23-4-9-32(38-21-23)48-26-5-7-27(8-6-26)49(46,47)41-17-12-25(43)13-18-41/h4-9,19-21,24-25,43H,2-3,10-18,22H2,1H3,(H2,37,44)(H,39,45). The van der Waals surface area contributed by atoms with Crippen molar-refractivity contribution >= 4 is 27.6 Å². The quantitative estimate of drug-likeness (QED) is 0.246. The van der Waals surface area contributed by atoms with Crippen LogP contribution in [-0.4, -0.2) is 89.4 Å². The first-order valence-corrected chi connectivity index (χ1v) is 17.9. The van der Waals surface area contributed by atoms with Crippen molar-refractivity contribution in [1.29, 1.82) is 0 Å². The molecule has 0 saturated carbocycles. The van der Waals surface area contributed by atoms with E-state index in [2.05, 4.69) is 15.2 Å². The van der Waals surface area contributed by atoms with Gasteiger partial charge in [-0.1, -0.05) is 19.4 Å². The second-order valence-electron chi connectivity index (χ2n) is 12.4. The van der Waals surface area contributed by atoms with E-state index >= 15 is 0 Å². The summed E-state index contributed by atoms with van der Waals surface area (Å²) in [6.07, 6.45) is 5.08. The number of aliphatic hydroxyl groups excluding tert-OH is 1. The molecule has 0 radical (unpaired) electrons. The minimum Gasteiger partial charge on any atom is -0.439 e. The van der Waals surface area contributed by atoms with E-state index in [1.54, 1.807) is 29.3 Å². The molecule has 0 aliphatic carbocycles. The summed E-state index contributed by atoms with van der Waals surface area (Å²) in [6.45, 7) is 5.10. The van der Waals surface area contributed by atoms with Gasteiger partial charge in [0, 0.05) is 63.6 Å². The van der Waals surface area contributed by atoms with Crippen molar-refractivity contribution in [3.63, 3.8) is 0 Å². The van der Waals surface area contributed by atoms with Crippen LogP contribution in [0.15, 0.2) is 59.6 Å². The molecule has 0 spiro atoms. The number of anilines is 1. The highest BCUT2D eigenvalue weighted by atomic mass is 32.2. The Morgan fingerprint density at radius 2 is 1.71 bits per heavy atom. The molecular weight excluding hydrogens is 658 g/mol. The summed E-state index contributed by atoms with van der Waals surface area (Å²) in [5.74, 6) is -2.33. The Labute approximate surface area is 284 Å². The average Bonchev–Trinajstić information content (AvgIpc) is 3.08. The van der Waals surface area contributed by atoms with Gasteiger partial charge in [-0.05, 0) is 68.0 Å². The monoisotopic (exact) mass is 700 g/mol. The van der Waals surface area contributed by atoms with Gasteiger partial charge < -0.3 is 25.8 Å². The zero-order chi connectivity index (χ0) is 35.1. The van der Waals surface area contributed by atoms with Gasteiger partial charge in [-0.25, -0.2) is 27.0 Å². The maximum absolute atomic E-state index is 14.5. The number of carbonyl (C=O) groups excluding carboxylic acids is 2. The number of hydrogen-bond acceptors (Lipinski definition) is 8. The number of aromatic nitrogens is 1. The fourth-order valence-electron chi connectivity index (χ4n) is 6.04. The van der Waals surface area contributed by atoms with E-state index in [-0.39, 0.29) is 29.7 Å². The summed E-state index contributed by atoms with van der Waals surface area (Å²) in [7, 11) is -3.65. The molecule has 2 aliphatic rings. The van der Waals surface area contributed by atoms with Crippen LogP contribution in [0.4, 0.5) is 19.3 Å². The number of amides is 3. The van der Waals surface area contributed by atoms with Crippen molar-refractivity contribution in [3.8, 4) is 11.6 Å². The Morgan fingerprint density at radius 3 is 2.33 bits per heavy atom. The number of primary amides is 1. The third kappa shape index (κ3) is 9.09. The largest absolute Gasteiger partial charge is 0.439 e. The number of likely N-dealkylation sites (tertiary alicyclic amines) is 1. The van der Waals surface area contributed by atoms with E-state index in [0.29, 0.717) is 69.6 Å². The highest BCUT2D eigenvalue weighted by Crippen LogP contribution is 2.27. The lowest BCUT2D eigenvalue weighted by Gasteiger charge is -2.38. The number of halogens is 2. The van der Waals surface area contributed by atoms with Crippen molar-refractivity contribution in [2.45, 2.75) is 69.0 Å². The fourth-order valence-corrected chi connectivity index (χ4v) is 7.51. The second kappa shape index (κ2) is 16.0. The molecular formula is C34H42F2N6O6S. The van der Waals surface area contributed by atoms with Crippen LogP contribution in [0.1, 0.15) is 61.4 Å². The van der Waals surface area contributed by atoms with Gasteiger partial charge >= 0.3 is 6.03 Å². The van der Waals surface area contributed by atoms with E-state index in [4.69, 9.17) is 10.5 Å². The van der Waals surface area contributed by atoms with Gasteiger partial charge in [0.05, 0.1) is 22.3 Å². The number of aliphatic hydroxyl groups is 1. The van der Waals surface area contributed by atoms with Crippen molar-refractivity contribution in [2.24, 2.45) is 5.73 Å². The third-order valence-electron chi connectivity index (χ3n) is 8.89. The number of piperidine rings is 2. The average molecular weight is 701 g/mol. The van der Waals surface area contributed by atoms with Crippen molar-refractivity contribution in [1.82, 2.24) is 19.1 Å². The van der Waals surface area contributed by atoms with E-state index in [1.807, 2.05) is 13.0 Å². The lowest BCUT2D eigenvalue weighted by molar-refractivity contribution is 0.0996. The van der Waals surface area contributed by atoms with Crippen LogP contribution in [0.3, 0.4) is 0 Å². The Kier molecular flexibility index (Phi) is 11.8. The number of nitrogens with one attached hydrogen (secondary N) is 1. The van der Waals surface area contributed by atoms with E-state index in [0.717, 1.165) is 24.5 Å². The Balaban J connectivity index is 1.13. The van der Waals surface area contributed by atoms with Gasteiger partial charge in [-0.2, -0.15) is 4.31 Å². The zero-order valence-corrected chi connectivity index (χ0v) is 28.2. The van der Waals surface area contributed by atoms with Gasteiger partial charge in [0.1, 0.15) is 17.4 Å². The fraction of sp³-hybridized carbons (Fsp3) is 0.441. The Hall–Kier alpha value is -4.18. The van der Waals surface area contributed by atoms with E-state index in [1.165, 1.54) is 16.4 Å². The summed E-state index contributed by atoms with van der Waals surface area (Å²) in [4.78, 5) is 33.3. The minimum absolute atomic E-state index is 0.0926. The lowest BCUT2D eigenvalue weighted by atomic mass is 10.0. The third-order valence-corrected chi connectivity index (χ3v) is 10.8. The smallest absolute Gasteiger partial charge is 0.322 e. The topological polar surface area (TPSA) is 158 Å². The lowest BCUT2D eigenvalue weighted by Crippen LogP contribution is -2.49. The molecule has 264 valence electrons. The molecule has 3 heterocycles. The van der Waals surface area contributed by atoms with E-state index < -0.39 is 45.3 Å². The molecule has 3 amide bonds. The number of urea groups is 1. The number of hydrogen-bond donors (Lipinski definition) is 3. The van der Waals surface area contributed by atoms with Crippen LogP contribution in [0.5, 0.6) is 11.6 Å². The van der Waals surface area contributed by atoms with Crippen LogP contribution < -0.4 is 15.8 Å². The van der Waals surface area contributed by atoms with Gasteiger partial charge in [0.2, 0.25) is 15.9 Å². The molecule has 12 nitrogen and oxygen atoms in total. The van der Waals surface area contributed by atoms with Gasteiger partial charge in [0.25, 0.3) is 5.91 Å². The van der Waals surface area contributed by atoms with Gasteiger partial charge in [-0.3, -0.25) is 9.69 Å². The zero-order valence-electron chi connectivity index (χ0n) is 27.4. The van der Waals surface area contributed by atoms with Crippen LogP contribution in [0, 0.1) is 11.6 Å². The number of ether oxygens (including phenoxy) is 1. The number of sulfonamides is 1. The molecule has 2 aromatic carbocycles. The minimum atomic E-state index is -3.65. The predicted octanol–water partition coefficient (Wildman–Crippen LogP) is 4.70. The van der Waals surface area contributed by atoms with Crippen LogP contribution >= 0.6 is 0 Å². The maximum Gasteiger partial charge on any atom is 0.322 e. The van der Waals surface area contributed by atoms with Gasteiger partial charge in [-0.15, -0.1) is 0 Å². The highest BCUT2D eigenvalue weighted by molar-refractivity contribution is 7.89. The predicted molar refractivity (Wildman–Crippen MR) is 179 cm³/mol. The van der Waals surface area contributed by atoms with E-state index in [9.17, 15) is 31.9 Å². The first-order chi connectivity index (χ1) is 23.4. The molecule has 2 saturated heterocycles. The highest BCUT2D eigenvalue weighted by Gasteiger charge is 2.30. The molecule has 4 N–H and O–H groups in total. The molecule has 3 aromatic rings. The molecule has 0 atom stereocenters. The number of nitrogens with zero attached hydrogens (tertiary/aromatic N) is 4. The first-order valence-electron chi connectivity index (χ1n) is 16.4. The molecule has 15 heteroatoms. The van der Waals surface area contributed by atoms with Crippen LogP contribution in [-0.2, 0) is 16.6 Å². The summed E-state index contributed by atoms with van der Waals surface area (Å²) >= 11 is 0. The maximum atomic E-state index is 14.5. The summed E-state index contributed by atoms with van der Waals surface area (Å²) in [5, 5.41) is 12.2. The molecule has 1 aromatic heterocycles. The second-order valence-corrected chi connectivity index (χ2v) is 14.3. The number of unbranched alkanes of at least 4 members (excludes halogenated alkanes) is 1. The summed E-state index contributed by atoms with van der Waals surface area (Å²) < 4.78 is 61.5. The Bertz CT molecular complexity index is 1710. The van der Waals surface area contributed by atoms with Crippen LogP contribution in [0.25, 0.3) is 0 Å². The molecule has 49 heavy (non-hydrogen) atoms. The normalized spacial score (nSPS) is 16.7. The molecule has 5 rings (SSSR count). The summed E-state index contributed by atoms with van der Waals surface area (Å²) in [5.41, 5.74) is 5.35. The van der Waals surface area contributed by atoms with Crippen molar-refractivity contribution < 1.29 is 36.6 Å². The van der Waals surface area contributed by atoms with Crippen molar-refractivity contribution in [3.05, 3.63) is 77.5 Å². The first kappa shape index (κ1) is 36.1. The number of nitrogens with two attached hydrogens (primary N) is 1. The molecule has 2 aliphatic heterocycles. The van der Waals surface area contributed by atoms with Crippen molar-refractivity contribution in [2.75, 3.05) is 38.0 Å². The molecule has 0 bridgehead atoms. The summed E-state index contributed by atoms with van der Waals surface area (Å²) in [6, 6.07) is 10.7. The Morgan fingerprint density at radius 1 is 1.02 bits per heavy atom. The number of rotatable bonds is 12. The van der Waals surface area contributed by atoms with Gasteiger partial charge in [0.15, 0.2) is 0 Å². The number of carbonyl (C=O) groups is 2. The molecule has 0 unspecified atom stereocenters. The molecule has 2 fully saturated rings. The SMILES string of the molecule is CCCCN(C(=O)Nc1cc(C(N)=O)c(F)cc1F)C1CCN(Cc2ccc(Oc3ccc(S(=O)(=O)N4CCC(O)CC4)cc3)nc2)CC1.